The molecule has 0 amide bonds. The molecular formula is C6H4Li2O3. The molecule has 0 unspecified atom stereocenters. The molecule has 0 saturated heterocycles. The van der Waals surface area contributed by atoms with Crippen molar-refractivity contribution in [1.82, 2.24) is 0 Å². The molecule has 0 atom stereocenters. The fraction of sp³-hybridized carbons (Fsp3) is 0. The van der Waals surface area contributed by atoms with Crippen molar-refractivity contribution >= 4 is 0 Å². The van der Waals surface area contributed by atoms with Crippen molar-refractivity contribution in [2.45, 2.75) is 0 Å². The molecule has 48 valence electrons. The molecule has 0 aromatic heterocycles. The van der Waals surface area contributed by atoms with Gasteiger partial charge in [0, 0.05) is 5.76 Å². The van der Waals surface area contributed by atoms with Crippen LogP contribution in [0, 0.1) is 0 Å². The van der Waals surface area contributed by atoms with Gasteiger partial charge in [0.1, 0.15) is 0 Å². The molecule has 1 aliphatic rings. The van der Waals surface area contributed by atoms with Gasteiger partial charge in [-0.15, -0.1) is 5.76 Å². The Morgan fingerprint density at radius 3 is 2.09 bits per heavy atom. The number of allylic oxidation sites excluding steroid dienone is 2. The Balaban J connectivity index is 0. The SMILES string of the molecule is C=C1C=C([O-])C=C([O-])O1.[Li+].[Li+]. The van der Waals surface area contributed by atoms with Gasteiger partial charge in [-0.3, -0.25) is 0 Å². The van der Waals surface area contributed by atoms with Gasteiger partial charge in [0.05, 0.1) is 5.95 Å². The van der Waals surface area contributed by atoms with Crippen molar-refractivity contribution < 1.29 is 52.7 Å². The Hall–Kier alpha value is -0.185. The van der Waals surface area contributed by atoms with Crippen LogP contribution in [0.25, 0.3) is 0 Å². The van der Waals surface area contributed by atoms with Crippen molar-refractivity contribution in [3.8, 4) is 0 Å². The van der Waals surface area contributed by atoms with Crippen LogP contribution in [0.5, 0.6) is 0 Å². The summed E-state index contributed by atoms with van der Waals surface area (Å²) in [6, 6.07) is 0. The standard InChI is InChI=1S/C6H6O3.2Li/c1-4-2-5(7)3-6(8)9-4;;/h2-3,7-8H,1H2;;/q;2*+1/p-2. The van der Waals surface area contributed by atoms with Crippen LogP contribution >= 0.6 is 0 Å². The van der Waals surface area contributed by atoms with Gasteiger partial charge in [-0.2, -0.15) is 0 Å². The van der Waals surface area contributed by atoms with E-state index in [0.717, 1.165) is 12.2 Å². The predicted octanol–water partition coefficient (Wildman–Crippen LogP) is -7.02. The Kier molecular flexibility index (Phi) is 6.66. The molecule has 1 heterocycles. The summed E-state index contributed by atoms with van der Waals surface area (Å²) in [6.07, 6.45) is 2.02. The van der Waals surface area contributed by atoms with Gasteiger partial charge in [0.25, 0.3) is 0 Å². The molecule has 11 heavy (non-hydrogen) atoms. The third-order valence-corrected chi connectivity index (χ3v) is 0.795. The van der Waals surface area contributed by atoms with E-state index >= 15 is 0 Å². The number of rotatable bonds is 0. The minimum absolute atomic E-state index is 0. The van der Waals surface area contributed by atoms with Gasteiger partial charge in [-0.1, -0.05) is 12.7 Å². The van der Waals surface area contributed by atoms with Crippen molar-refractivity contribution in [3.05, 3.63) is 36.2 Å². The second-order valence-electron chi connectivity index (χ2n) is 1.58. The first-order chi connectivity index (χ1) is 4.18. The summed E-state index contributed by atoms with van der Waals surface area (Å²) in [5.41, 5.74) is 0. The maximum absolute atomic E-state index is 10.4. The monoisotopic (exact) mass is 138 g/mol. The summed E-state index contributed by atoms with van der Waals surface area (Å²) in [5, 5.41) is 20.7. The summed E-state index contributed by atoms with van der Waals surface area (Å²) in [5.74, 6) is -0.906. The molecule has 1 rings (SSSR count). The smallest absolute Gasteiger partial charge is 0.872 e. The maximum Gasteiger partial charge on any atom is 1.00 e. The zero-order chi connectivity index (χ0) is 6.85. The van der Waals surface area contributed by atoms with Crippen molar-refractivity contribution in [2.24, 2.45) is 0 Å². The Bertz CT molecular complexity index is 208. The molecule has 0 fully saturated rings. The first-order valence-electron chi connectivity index (χ1n) is 2.32. The van der Waals surface area contributed by atoms with E-state index in [1.807, 2.05) is 0 Å². The number of ether oxygens (including phenoxy) is 1. The second kappa shape index (κ2) is 5.46. The van der Waals surface area contributed by atoms with Gasteiger partial charge < -0.3 is 14.9 Å². The van der Waals surface area contributed by atoms with E-state index in [4.69, 9.17) is 0 Å². The molecular weight excluding hydrogens is 134 g/mol. The summed E-state index contributed by atoms with van der Waals surface area (Å²) >= 11 is 0. The molecule has 5 heteroatoms. The minimum Gasteiger partial charge on any atom is -0.872 e. The first kappa shape index (κ1) is 13.4. The topological polar surface area (TPSA) is 55.3 Å². The Labute approximate surface area is 88.8 Å². The summed E-state index contributed by atoms with van der Waals surface area (Å²) in [7, 11) is 0. The van der Waals surface area contributed by atoms with Crippen LogP contribution in [-0.4, -0.2) is 0 Å². The van der Waals surface area contributed by atoms with Gasteiger partial charge >= 0.3 is 37.7 Å². The molecule has 0 N–H and O–H groups in total. The molecule has 0 saturated carbocycles. The molecule has 0 aliphatic carbocycles. The van der Waals surface area contributed by atoms with E-state index in [1.54, 1.807) is 0 Å². The summed E-state index contributed by atoms with van der Waals surface area (Å²) < 4.78 is 4.39. The molecule has 1 aliphatic heterocycles. The van der Waals surface area contributed by atoms with E-state index in [2.05, 4.69) is 11.3 Å². The summed E-state index contributed by atoms with van der Waals surface area (Å²) in [6.45, 7) is 3.28. The van der Waals surface area contributed by atoms with Crippen LogP contribution < -0.4 is 47.9 Å². The normalized spacial score (nSPS) is 14.7. The van der Waals surface area contributed by atoms with Crippen LogP contribution in [0.4, 0.5) is 0 Å². The quantitative estimate of drug-likeness (QED) is 0.312. The average Bonchev–Trinajstić information content (AvgIpc) is 1.59. The van der Waals surface area contributed by atoms with E-state index in [-0.39, 0.29) is 49.2 Å². The van der Waals surface area contributed by atoms with Crippen LogP contribution in [0.15, 0.2) is 36.2 Å². The van der Waals surface area contributed by atoms with Gasteiger partial charge in [0.15, 0.2) is 0 Å². The molecule has 3 nitrogen and oxygen atoms in total. The first-order valence-corrected chi connectivity index (χ1v) is 2.32. The van der Waals surface area contributed by atoms with Gasteiger partial charge in [-0.25, -0.2) is 0 Å². The largest absolute Gasteiger partial charge is 1.00 e. The number of hydrogen-bond acceptors (Lipinski definition) is 3. The zero-order valence-electron chi connectivity index (χ0n) is 6.59. The molecule has 0 bridgehead atoms. The second-order valence-corrected chi connectivity index (χ2v) is 1.58. The average molecular weight is 138 g/mol. The fourth-order valence-corrected chi connectivity index (χ4v) is 0.505. The molecule has 0 spiro atoms. The third-order valence-electron chi connectivity index (χ3n) is 0.795. The van der Waals surface area contributed by atoms with Gasteiger partial charge in [-0.05, 0) is 6.08 Å². The minimum atomic E-state index is -0.646. The van der Waals surface area contributed by atoms with E-state index in [9.17, 15) is 10.2 Å². The van der Waals surface area contributed by atoms with Crippen LogP contribution in [0.3, 0.4) is 0 Å². The maximum atomic E-state index is 10.4. The van der Waals surface area contributed by atoms with Crippen molar-refractivity contribution in [3.63, 3.8) is 0 Å². The van der Waals surface area contributed by atoms with Crippen molar-refractivity contribution in [2.75, 3.05) is 0 Å². The zero-order valence-corrected chi connectivity index (χ0v) is 6.59. The summed E-state index contributed by atoms with van der Waals surface area (Å²) in [4.78, 5) is 0. The van der Waals surface area contributed by atoms with E-state index in [1.165, 1.54) is 0 Å². The van der Waals surface area contributed by atoms with E-state index in [0.29, 0.717) is 0 Å². The number of hydrogen-bond donors (Lipinski definition) is 0. The molecule has 0 radical (unpaired) electrons. The fourth-order valence-electron chi connectivity index (χ4n) is 0.505. The predicted molar refractivity (Wildman–Crippen MR) is 26.4 cm³/mol. The Morgan fingerprint density at radius 1 is 1.18 bits per heavy atom. The van der Waals surface area contributed by atoms with Crippen LogP contribution in [0.2, 0.25) is 0 Å². The van der Waals surface area contributed by atoms with Crippen LogP contribution in [-0.2, 0) is 4.74 Å². The Morgan fingerprint density at radius 2 is 1.73 bits per heavy atom. The third kappa shape index (κ3) is 4.29. The van der Waals surface area contributed by atoms with E-state index < -0.39 is 5.95 Å². The molecule has 0 aromatic carbocycles. The van der Waals surface area contributed by atoms with Crippen LogP contribution in [0.1, 0.15) is 0 Å². The van der Waals surface area contributed by atoms with Crippen molar-refractivity contribution in [1.29, 1.82) is 0 Å². The van der Waals surface area contributed by atoms with Gasteiger partial charge in [0.2, 0.25) is 0 Å². The molecule has 0 aromatic rings.